The molecular formula is C12H9FN4. The van der Waals surface area contributed by atoms with Crippen molar-refractivity contribution in [3.05, 3.63) is 42.3 Å². The number of imidazole rings is 1. The van der Waals surface area contributed by atoms with Gasteiger partial charge in [-0.2, -0.15) is 0 Å². The molecular weight excluding hydrogens is 219 g/mol. The van der Waals surface area contributed by atoms with Crippen molar-refractivity contribution in [1.82, 2.24) is 15.0 Å². The molecule has 0 radical (unpaired) electrons. The Hall–Kier alpha value is -2.43. The second-order valence-electron chi connectivity index (χ2n) is 3.72. The summed E-state index contributed by atoms with van der Waals surface area (Å²) in [4.78, 5) is 11.4. The zero-order chi connectivity index (χ0) is 11.8. The minimum atomic E-state index is -0.289. The van der Waals surface area contributed by atoms with Crippen LogP contribution in [0.2, 0.25) is 0 Å². The third kappa shape index (κ3) is 1.71. The maximum Gasteiger partial charge on any atom is 0.140 e. The molecule has 3 rings (SSSR count). The third-order valence-electron chi connectivity index (χ3n) is 2.50. The monoisotopic (exact) mass is 228 g/mol. The molecule has 2 heterocycles. The van der Waals surface area contributed by atoms with Gasteiger partial charge in [-0.05, 0) is 30.3 Å². The fourth-order valence-electron chi connectivity index (χ4n) is 1.66. The highest BCUT2D eigenvalue weighted by atomic mass is 19.1. The number of nitrogens with zero attached hydrogens (tertiary/aromatic N) is 2. The highest BCUT2D eigenvalue weighted by Crippen LogP contribution is 2.20. The number of pyridine rings is 1. The highest BCUT2D eigenvalue weighted by Gasteiger charge is 2.06. The molecule has 0 saturated carbocycles. The van der Waals surface area contributed by atoms with Crippen LogP contribution >= 0.6 is 0 Å². The standard InChI is InChI=1S/C12H9FN4/c13-8-2-3-9-10(5-8)17-12(16-9)7-1-4-11(14)15-6-7/h1-6H,(H2,14,15)(H,16,17). The number of anilines is 1. The smallest absolute Gasteiger partial charge is 0.140 e. The van der Waals surface area contributed by atoms with E-state index in [0.717, 1.165) is 11.1 Å². The number of nitrogens with one attached hydrogen (secondary N) is 1. The van der Waals surface area contributed by atoms with E-state index >= 15 is 0 Å². The summed E-state index contributed by atoms with van der Waals surface area (Å²) in [6, 6.07) is 7.94. The van der Waals surface area contributed by atoms with Crippen molar-refractivity contribution >= 4 is 16.9 Å². The van der Waals surface area contributed by atoms with E-state index < -0.39 is 0 Å². The Morgan fingerprint density at radius 2 is 2.06 bits per heavy atom. The topological polar surface area (TPSA) is 67.6 Å². The van der Waals surface area contributed by atoms with Gasteiger partial charge in [0.05, 0.1) is 11.0 Å². The summed E-state index contributed by atoms with van der Waals surface area (Å²) in [5, 5.41) is 0. The van der Waals surface area contributed by atoms with Crippen LogP contribution in [0.5, 0.6) is 0 Å². The number of nitrogen functional groups attached to an aromatic ring is 1. The Bertz CT molecular complexity index is 673. The molecule has 0 aliphatic rings. The molecule has 0 aliphatic heterocycles. The zero-order valence-electron chi connectivity index (χ0n) is 8.81. The number of rotatable bonds is 1. The lowest BCUT2D eigenvalue weighted by Crippen LogP contribution is -1.89. The van der Waals surface area contributed by atoms with E-state index in [1.54, 1.807) is 18.3 Å². The van der Waals surface area contributed by atoms with E-state index in [0.29, 0.717) is 17.2 Å². The van der Waals surface area contributed by atoms with Gasteiger partial charge in [0, 0.05) is 11.8 Å². The second kappa shape index (κ2) is 3.55. The third-order valence-corrected chi connectivity index (χ3v) is 2.50. The van der Waals surface area contributed by atoms with Crippen molar-refractivity contribution in [2.45, 2.75) is 0 Å². The number of aromatic nitrogens is 3. The molecule has 2 aromatic heterocycles. The molecule has 0 saturated heterocycles. The molecule has 3 N–H and O–H groups in total. The minimum Gasteiger partial charge on any atom is -0.384 e. The molecule has 1 aromatic carbocycles. The maximum atomic E-state index is 13.0. The predicted molar refractivity (Wildman–Crippen MR) is 63.7 cm³/mol. The second-order valence-corrected chi connectivity index (χ2v) is 3.72. The summed E-state index contributed by atoms with van der Waals surface area (Å²) >= 11 is 0. The van der Waals surface area contributed by atoms with Gasteiger partial charge in [-0.3, -0.25) is 0 Å². The number of hydrogen-bond donors (Lipinski definition) is 2. The Morgan fingerprint density at radius 1 is 1.18 bits per heavy atom. The van der Waals surface area contributed by atoms with Crippen molar-refractivity contribution in [1.29, 1.82) is 0 Å². The molecule has 3 aromatic rings. The van der Waals surface area contributed by atoms with Crippen LogP contribution in [0.4, 0.5) is 10.2 Å². The van der Waals surface area contributed by atoms with Crippen LogP contribution in [0.1, 0.15) is 0 Å². The molecule has 0 aliphatic carbocycles. The van der Waals surface area contributed by atoms with Gasteiger partial charge in [0.15, 0.2) is 0 Å². The van der Waals surface area contributed by atoms with Gasteiger partial charge in [0.25, 0.3) is 0 Å². The van der Waals surface area contributed by atoms with Crippen molar-refractivity contribution in [3.8, 4) is 11.4 Å². The van der Waals surface area contributed by atoms with Crippen LogP contribution in [-0.4, -0.2) is 15.0 Å². The SMILES string of the molecule is Nc1ccc(-c2nc3ccc(F)cc3[nH]2)cn1. The molecule has 4 nitrogen and oxygen atoms in total. The van der Waals surface area contributed by atoms with E-state index in [9.17, 15) is 4.39 Å². The largest absolute Gasteiger partial charge is 0.384 e. The first-order valence-corrected chi connectivity index (χ1v) is 5.09. The van der Waals surface area contributed by atoms with Crippen LogP contribution in [0.15, 0.2) is 36.5 Å². The van der Waals surface area contributed by atoms with E-state index in [-0.39, 0.29) is 5.82 Å². The van der Waals surface area contributed by atoms with Crippen LogP contribution in [0.25, 0.3) is 22.4 Å². The summed E-state index contributed by atoms with van der Waals surface area (Å²) in [6.45, 7) is 0. The number of aromatic amines is 1. The molecule has 0 bridgehead atoms. The van der Waals surface area contributed by atoms with Gasteiger partial charge < -0.3 is 10.7 Å². The zero-order valence-corrected chi connectivity index (χ0v) is 8.81. The fraction of sp³-hybridized carbons (Fsp3) is 0. The number of fused-ring (bicyclic) bond motifs is 1. The van der Waals surface area contributed by atoms with Crippen molar-refractivity contribution in [2.24, 2.45) is 0 Å². The number of hydrogen-bond acceptors (Lipinski definition) is 3. The Kier molecular flexibility index (Phi) is 2.04. The Labute approximate surface area is 96.3 Å². The maximum absolute atomic E-state index is 13.0. The quantitative estimate of drug-likeness (QED) is 0.671. The first kappa shape index (κ1) is 9.77. The van der Waals surface area contributed by atoms with Crippen LogP contribution in [-0.2, 0) is 0 Å². The molecule has 0 atom stereocenters. The fourth-order valence-corrected chi connectivity index (χ4v) is 1.66. The highest BCUT2D eigenvalue weighted by molar-refractivity contribution is 5.79. The van der Waals surface area contributed by atoms with Gasteiger partial charge in [-0.1, -0.05) is 0 Å². The molecule has 0 unspecified atom stereocenters. The lowest BCUT2D eigenvalue weighted by atomic mass is 10.3. The molecule has 17 heavy (non-hydrogen) atoms. The van der Waals surface area contributed by atoms with Gasteiger partial charge in [-0.25, -0.2) is 14.4 Å². The van der Waals surface area contributed by atoms with Gasteiger partial charge in [-0.15, -0.1) is 0 Å². The molecule has 84 valence electrons. The van der Waals surface area contributed by atoms with Crippen LogP contribution in [0.3, 0.4) is 0 Å². The van der Waals surface area contributed by atoms with Gasteiger partial charge >= 0.3 is 0 Å². The van der Waals surface area contributed by atoms with Gasteiger partial charge in [0.1, 0.15) is 17.5 Å². The summed E-state index contributed by atoms with van der Waals surface area (Å²) in [6.07, 6.45) is 1.63. The predicted octanol–water partition coefficient (Wildman–Crippen LogP) is 2.35. The average molecular weight is 228 g/mol. The first-order valence-electron chi connectivity index (χ1n) is 5.09. The lowest BCUT2D eigenvalue weighted by molar-refractivity contribution is 0.629. The summed E-state index contributed by atoms with van der Waals surface area (Å²) in [7, 11) is 0. The summed E-state index contributed by atoms with van der Waals surface area (Å²) in [5.74, 6) is 0.817. The minimum absolute atomic E-state index is 0.289. The summed E-state index contributed by atoms with van der Waals surface area (Å²) in [5.41, 5.74) is 7.71. The van der Waals surface area contributed by atoms with E-state index in [2.05, 4.69) is 15.0 Å². The molecule has 0 spiro atoms. The van der Waals surface area contributed by atoms with Crippen molar-refractivity contribution in [3.63, 3.8) is 0 Å². The van der Waals surface area contributed by atoms with Crippen LogP contribution < -0.4 is 5.73 Å². The Balaban J connectivity index is 2.14. The number of halogens is 1. The first-order chi connectivity index (χ1) is 8.22. The Morgan fingerprint density at radius 3 is 2.82 bits per heavy atom. The van der Waals surface area contributed by atoms with Crippen molar-refractivity contribution < 1.29 is 4.39 Å². The molecule has 0 amide bonds. The van der Waals surface area contributed by atoms with Gasteiger partial charge in [0.2, 0.25) is 0 Å². The molecule has 5 heteroatoms. The lowest BCUT2D eigenvalue weighted by Gasteiger charge is -1.95. The number of H-pyrrole nitrogens is 1. The van der Waals surface area contributed by atoms with Crippen molar-refractivity contribution in [2.75, 3.05) is 5.73 Å². The number of nitrogens with two attached hydrogens (primary N) is 1. The van der Waals surface area contributed by atoms with E-state index in [4.69, 9.17) is 5.73 Å². The molecule has 0 fully saturated rings. The number of benzene rings is 1. The van der Waals surface area contributed by atoms with E-state index in [1.165, 1.54) is 12.1 Å². The average Bonchev–Trinajstić information content (AvgIpc) is 2.72. The van der Waals surface area contributed by atoms with E-state index in [1.807, 2.05) is 6.07 Å². The summed E-state index contributed by atoms with van der Waals surface area (Å²) < 4.78 is 13.0. The van der Waals surface area contributed by atoms with Crippen LogP contribution in [0, 0.1) is 5.82 Å². The normalized spacial score (nSPS) is 10.9.